The summed E-state index contributed by atoms with van der Waals surface area (Å²) in [7, 11) is 0. The molecule has 0 aliphatic rings. The van der Waals surface area contributed by atoms with Gasteiger partial charge in [0.15, 0.2) is 0 Å². The number of unbranched alkanes of at least 4 members (excludes halogenated alkanes) is 1. The molecule has 0 unspecified atom stereocenters. The van der Waals surface area contributed by atoms with Crippen LogP contribution in [0, 0.1) is 6.92 Å². The van der Waals surface area contributed by atoms with Crippen LogP contribution in [-0.4, -0.2) is 11.9 Å². The van der Waals surface area contributed by atoms with Crippen LogP contribution in [-0.2, 0) is 20.7 Å². The molecule has 0 heterocycles. The molecule has 0 amide bonds. The molecular weight excluding hydrogens is 240 g/mol. The van der Waals surface area contributed by atoms with Gasteiger partial charge in [-0.15, -0.1) is 0 Å². The second-order valence-corrected chi connectivity index (χ2v) is 4.04. The number of benzene rings is 1. The Morgan fingerprint density at radius 1 is 1.18 bits per heavy atom. The lowest BCUT2D eigenvalue weighted by atomic mass is 10.1. The number of rotatable bonds is 5. The van der Waals surface area contributed by atoms with E-state index in [0.717, 1.165) is 5.56 Å². The number of ether oxygens (including phenoxy) is 1. The number of esters is 2. The number of carbonyl (C=O) groups excluding carboxylic acids is 2. The van der Waals surface area contributed by atoms with Crippen molar-refractivity contribution in [3.05, 3.63) is 41.8 Å². The summed E-state index contributed by atoms with van der Waals surface area (Å²) in [6.07, 6.45) is 1.59. The second kappa shape index (κ2) is 7.07. The third-order valence-corrected chi connectivity index (χ3v) is 2.37. The SMILES string of the molecule is [CH2]CCCC(=O)OC(=O)Cc1ccc(Cl)cc1. The Kier molecular flexibility index (Phi) is 5.70. The lowest BCUT2D eigenvalue weighted by molar-refractivity contribution is -0.159. The van der Waals surface area contributed by atoms with Crippen LogP contribution in [0.25, 0.3) is 0 Å². The minimum absolute atomic E-state index is 0.0767. The maximum atomic E-state index is 11.4. The molecule has 1 aromatic carbocycles. The minimum atomic E-state index is -0.540. The van der Waals surface area contributed by atoms with Crippen LogP contribution in [0.3, 0.4) is 0 Å². The standard InChI is InChI=1S/C13H14ClO3/c1-2-3-4-12(15)17-13(16)9-10-5-7-11(14)8-6-10/h5-8H,1-4,9H2. The molecule has 1 radical (unpaired) electrons. The molecule has 0 saturated carbocycles. The Hall–Kier alpha value is -1.35. The van der Waals surface area contributed by atoms with E-state index < -0.39 is 11.9 Å². The zero-order chi connectivity index (χ0) is 12.7. The molecule has 0 aliphatic heterocycles. The summed E-state index contributed by atoms with van der Waals surface area (Å²) in [5, 5.41) is 0.605. The molecule has 3 nitrogen and oxygen atoms in total. The predicted molar refractivity (Wildman–Crippen MR) is 65.5 cm³/mol. The van der Waals surface area contributed by atoms with E-state index in [1.165, 1.54) is 0 Å². The maximum Gasteiger partial charge on any atom is 0.317 e. The Bertz CT molecular complexity index is 384. The van der Waals surface area contributed by atoms with Gasteiger partial charge in [-0.1, -0.05) is 37.1 Å². The molecule has 0 spiro atoms. The molecule has 0 bridgehead atoms. The highest BCUT2D eigenvalue weighted by Gasteiger charge is 2.10. The van der Waals surface area contributed by atoms with Crippen molar-refractivity contribution in [3.8, 4) is 0 Å². The monoisotopic (exact) mass is 253 g/mol. The Labute approximate surface area is 106 Å². The topological polar surface area (TPSA) is 43.4 Å². The summed E-state index contributed by atoms with van der Waals surface area (Å²) < 4.78 is 4.65. The Morgan fingerprint density at radius 3 is 2.41 bits per heavy atom. The third-order valence-electron chi connectivity index (χ3n) is 2.12. The van der Waals surface area contributed by atoms with Crippen LogP contribution < -0.4 is 0 Å². The van der Waals surface area contributed by atoms with Crippen molar-refractivity contribution in [1.82, 2.24) is 0 Å². The fraction of sp³-hybridized carbons (Fsp3) is 0.308. The fourth-order valence-electron chi connectivity index (χ4n) is 1.25. The number of carbonyl (C=O) groups is 2. The number of hydrogen-bond donors (Lipinski definition) is 0. The van der Waals surface area contributed by atoms with Gasteiger partial charge in [0.1, 0.15) is 0 Å². The molecule has 0 aromatic heterocycles. The maximum absolute atomic E-state index is 11.4. The summed E-state index contributed by atoms with van der Waals surface area (Å²) in [5.41, 5.74) is 0.768. The second-order valence-electron chi connectivity index (χ2n) is 3.61. The smallest absolute Gasteiger partial charge is 0.317 e. The van der Waals surface area contributed by atoms with Crippen LogP contribution in [0.4, 0.5) is 0 Å². The number of halogens is 1. The molecule has 0 fully saturated rings. The molecule has 0 saturated heterocycles. The number of hydrogen-bond acceptors (Lipinski definition) is 3. The molecule has 17 heavy (non-hydrogen) atoms. The average Bonchev–Trinajstić information content (AvgIpc) is 2.29. The van der Waals surface area contributed by atoms with E-state index >= 15 is 0 Å². The van der Waals surface area contributed by atoms with Crippen molar-refractivity contribution in [2.24, 2.45) is 0 Å². The average molecular weight is 254 g/mol. The summed E-state index contributed by atoms with van der Waals surface area (Å²) in [6, 6.07) is 6.83. The van der Waals surface area contributed by atoms with Gasteiger partial charge in [-0.05, 0) is 24.1 Å². The van der Waals surface area contributed by atoms with E-state index in [9.17, 15) is 9.59 Å². The van der Waals surface area contributed by atoms with Gasteiger partial charge in [-0.3, -0.25) is 9.59 Å². The third kappa shape index (κ3) is 5.50. The molecule has 0 atom stereocenters. The molecule has 1 aromatic rings. The largest absolute Gasteiger partial charge is 0.393 e. The van der Waals surface area contributed by atoms with Crippen molar-refractivity contribution in [3.63, 3.8) is 0 Å². The van der Waals surface area contributed by atoms with Gasteiger partial charge in [0.05, 0.1) is 6.42 Å². The van der Waals surface area contributed by atoms with E-state index in [1.54, 1.807) is 24.3 Å². The highest BCUT2D eigenvalue weighted by atomic mass is 35.5. The van der Waals surface area contributed by atoms with Crippen LogP contribution >= 0.6 is 11.6 Å². The lowest BCUT2D eigenvalue weighted by Crippen LogP contribution is -2.14. The molecule has 0 aliphatic carbocycles. The van der Waals surface area contributed by atoms with E-state index in [2.05, 4.69) is 11.7 Å². The van der Waals surface area contributed by atoms with E-state index in [-0.39, 0.29) is 12.8 Å². The van der Waals surface area contributed by atoms with Crippen molar-refractivity contribution in [1.29, 1.82) is 0 Å². The Balaban J connectivity index is 2.39. The summed E-state index contributed by atoms with van der Waals surface area (Å²) in [5.74, 6) is -1.03. The van der Waals surface area contributed by atoms with Crippen LogP contribution in [0.5, 0.6) is 0 Å². The molecular formula is C13H14ClO3. The van der Waals surface area contributed by atoms with Crippen LogP contribution in [0.2, 0.25) is 5.02 Å². The highest BCUT2D eigenvalue weighted by molar-refractivity contribution is 6.30. The van der Waals surface area contributed by atoms with Gasteiger partial charge in [-0.25, -0.2) is 0 Å². The highest BCUT2D eigenvalue weighted by Crippen LogP contribution is 2.10. The van der Waals surface area contributed by atoms with Gasteiger partial charge in [0, 0.05) is 11.4 Å². The molecule has 0 N–H and O–H groups in total. The first kappa shape index (κ1) is 13.7. The molecule has 1 rings (SSSR count). The van der Waals surface area contributed by atoms with Crippen LogP contribution in [0.1, 0.15) is 24.8 Å². The first-order chi connectivity index (χ1) is 8.11. The van der Waals surface area contributed by atoms with E-state index in [4.69, 9.17) is 11.6 Å². The van der Waals surface area contributed by atoms with Crippen molar-refractivity contribution in [2.75, 3.05) is 0 Å². The van der Waals surface area contributed by atoms with Gasteiger partial charge >= 0.3 is 11.9 Å². The predicted octanol–water partition coefficient (Wildman–Crippen LogP) is 2.96. The van der Waals surface area contributed by atoms with Gasteiger partial charge < -0.3 is 4.74 Å². The van der Waals surface area contributed by atoms with Gasteiger partial charge in [0.2, 0.25) is 0 Å². The van der Waals surface area contributed by atoms with Gasteiger partial charge in [0.25, 0.3) is 0 Å². The molecule has 91 valence electrons. The first-order valence-corrected chi connectivity index (χ1v) is 5.77. The fourth-order valence-corrected chi connectivity index (χ4v) is 1.38. The first-order valence-electron chi connectivity index (χ1n) is 5.39. The van der Waals surface area contributed by atoms with Crippen molar-refractivity contribution < 1.29 is 14.3 Å². The van der Waals surface area contributed by atoms with Crippen molar-refractivity contribution in [2.45, 2.75) is 25.7 Å². The zero-order valence-corrected chi connectivity index (χ0v) is 10.2. The molecule has 4 heteroatoms. The van der Waals surface area contributed by atoms with E-state index in [1.807, 2.05) is 0 Å². The summed E-state index contributed by atoms with van der Waals surface area (Å²) in [6.45, 7) is 3.61. The minimum Gasteiger partial charge on any atom is -0.393 e. The Morgan fingerprint density at radius 2 is 1.82 bits per heavy atom. The van der Waals surface area contributed by atoms with E-state index in [0.29, 0.717) is 17.9 Å². The van der Waals surface area contributed by atoms with Crippen molar-refractivity contribution >= 4 is 23.5 Å². The van der Waals surface area contributed by atoms with Crippen LogP contribution in [0.15, 0.2) is 24.3 Å². The normalized spacial score (nSPS) is 10.0. The summed E-state index contributed by atoms with van der Waals surface area (Å²) in [4.78, 5) is 22.5. The summed E-state index contributed by atoms with van der Waals surface area (Å²) >= 11 is 5.71. The quantitative estimate of drug-likeness (QED) is 0.599. The van der Waals surface area contributed by atoms with Gasteiger partial charge in [-0.2, -0.15) is 0 Å². The zero-order valence-electron chi connectivity index (χ0n) is 9.45. The lowest BCUT2D eigenvalue weighted by Gasteiger charge is -2.02.